The molecular weight excluding hydrogens is 411 g/mol. The molecule has 1 saturated heterocycles. The lowest BCUT2D eigenvalue weighted by Crippen LogP contribution is -2.36. The third-order valence-corrected chi connectivity index (χ3v) is 5.05. The number of amides is 3. The predicted molar refractivity (Wildman–Crippen MR) is 106 cm³/mol. The number of anilines is 1. The van der Waals surface area contributed by atoms with Gasteiger partial charge in [-0.15, -0.1) is 0 Å². The Hall–Kier alpha value is -2.48. The second-order valence-corrected chi connectivity index (χ2v) is 7.32. The van der Waals surface area contributed by atoms with E-state index in [1.54, 1.807) is 30.3 Å². The number of aromatic hydroxyl groups is 1. The number of para-hydroxylation sites is 1. The highest BCUT2D eigenvalue weighted by Crippen LogP contribution is 2.36. The summed E-state index contributed by atoms with van der Waals surface area (Å²) in [5, 5.41) is 11.7. The third kappa shape index (κ3) is 4.44. The minimum Gasteiger partial charge on any atom is -0.505 e. The number of nitrogens with one attached hydrogen (secondary N) is 1. The lowest BCUT2D eigenvalue weighted by Gasteiger charge is -2.12. The Balaban J connectivity index is 1.74. The van der Waals surface area contributed by atoms with E-state index in [0.717, 1.165) is 4.90 Å². The largest absolute Gasteiger partial charge is 0.505 e. The standard InChI is InChI=1S/C18H12Cl2N2O4S/c19-12-6-10(7-13(20)16(12)24)8-14-17(25)22(18(26)27-14)9-15(23)21-11-4-2-1-3-5-11/h1-8,24H,9H2,(H,21,23)/b14-8+. The first-order valence-corrected chi connectivity index (χ1v) is 9.20. The van der Waals surface area contributed by atoms with Crippen LogP contribution in [0.2, 0.25) is 10.0 Å². The highest BCUT2D eigenvalue weighted by molar-refractivity contribution is 8.18. The zero-order valence-corrected chi connectivity index (χ0v) is 15.9. The molecule has 0 aromatic heterocycles. The van der Waals surface area contributed by atoms with Crippen LogP contribution in [0.15, 0.2) is 47.4 Å². The zero-order chi connectivity index (χ0) is 19.6. The minimum absolute atomic E-state index is 0.0233. The fourth-order valence-electron chi connectivity index (χ4n) is 2.32. The number of phenols is 1. The van der Waals surface area contributed by atoms with E-state index >= 15 is 0 Å². The van der Waals surface area contributed by atoms with Gasteiger partial charge in [0.25, 0.3) is 11.1 Å². The summed E-state index contributed by atoms with van der Waals surface area (Å²) in [6.07, 6.45) is 1.43. The third-order valence-electron chi connectivity index (χ3n) is 3.57. The lowest BCUT2D eigenvalue weighted by atomic mass is 10.2. The molecule has 3 amide bonds. The zero-order valence-electron chi connectivity index (χ0n) is 13.6. The minimum atomic E-state index is -0.589. The van der Waals surface area contributed by atoms with Crippen molar-refractivity contribution in [3.05, 3.63) is 63.0 Å². The van der Waals surface area contributed by atoms with E-state index < -0.39 is 23.6 Å². The van der Waals surface area contributed by atoms with E-state index in [4.69, 9.17) is 23.2 Å². The van der Waals surface area contributed by atoms with Crippen molar-refractivity contribution in [3.63, 3.8) is 0 Å². The van der Waals surface area contributed by atoms with Crippen LogP contribution in [0, 0.1) is 0 Å². The summed E-state index contributed by atoms with van der Waals surface area (Å²) < 4.78 is 0. The van der Waals surface area contributed by atoms with Crippen molar-refractivity contribution in [1.82, 2.24) is 4.90 Å². The molecule has 1 aliphatic rings. The number of rotatable bonds is 4. The molecular formula is C18H12Cl2N2O4S. The highest BCUT2D eigenvalue weighted by Gasteiger charge is 2.36. The fourth-order valence-corrected chi connectivity index (χ4v) is 3.66. The van der Waals surface area contributed by atoms with Gasteiger partial charge in [0.1, 0.15) is 6.54 Å². The fraction of sp³-hybridized carbons (Fsp3) is 0.0556. The van der Waals surface area contributed by atoms with Gasteiger partial charge in [0.15, 0.2) is 5.75 Å². The van der Waals surface area contributed by atoms with E-state index in [1.807, 2.05) is 0 Å². The molecule has 2 aromatic carbocycles. The van der Waals surface area contributed by atoms with Gasteiger partial charge in [-0.2, -0.15) is 0 Å². The average molecular weight is 423 g/mol. The molecule has 3 rings (SSSR count). The van der Waals surface area contributed by atoms with Crippen molar-refractivity contribution < 1.29 is 19.5 Å². The van der Waals surface area contributed by atoms with Crippen molar-refractivity contribution in [2.45, 2.75) is 0 Å². The molecule has 27 heavy (non-hydrogen) atoms. The average Bonchev–Trinajstić information content (AvgIpc) is 2.88. The van der Waals surface area contributed by atoms with E-state index in [0.29, 0.717) is 23.0 Å². The smallest absolute Gasteiger partial charge is 0.294 e. The van der Waals surface area contributed by atoms with Crippen molar-refractivity contribution in [1.29, 1.82) is 0 Å². The maximum absolute atomic E-state index is 12.5. The lowest BCUT2D eigenvalue weighted by molar-refractivity contribution is -0.127. The van der Waals surface area contributed by atoms with E-state index in [1.165, 1.54) is 18.2 Å². The van der Waals surface area contributed by atoms with E-state index in [9.17, 15) is 19.5 Å². The molecule has 0 bridgehead atoms. The maximum atomic E-state index is 12.5. The molecule has 0 aliphatic carbocycles. The molecule has 1 fully saturated rings. The molecule has 1 heterocycles. The van der Waals surface area contributed by atoms with Gasteiger partial charge in [-0.25, -0.2) is 0 Å². The summed E-state index contributed by atoms with van der Waals surface area (Å²) in [5.41, 5.74) is 1.01. The van der Waals surface area contributed by atoms with Crippen LogP contribution in [0.5, 0.6) is 5.75 Å². The first-order chi connectivity index (χ1) is 12.8. The van der Waals surface area contributed by atoms with Crippen LogP contribution in [0.1, 0.15) is 5.56 Å². The molecule has 0 radical (unpaired) electrons. The number of halogens is 2. The molecule has 0 saturated carbocycles. The predicted octanol–water partition coefficient (Wildman–Crippen LogP) is 4.37. The van der Waals surface area contributed by atoms with Crippen LogP contribution in [0.25, 0.3) is 6.08 Å². The molecule has 2 N–H and O–H groups in total. The maximum Gasteiger partial charge on any atom is 0.294 e. The van der Waals surface area contributed by atoms with Crippen LogP contribution in [-0.2, 0) is 9.59 Å². The van der Waals surface area contributed by atoms with E-state index in [-0.39, 0.29) is 20.7 Å². The summed E-state index contributed by atoms with van der Waals surface area (Å²) in [7, 11) is 0. The number of benzene rings is 2. The highest BCUT2D eigenvalue weighted by atomic mass is 35.5. The van der Waals surface area contributed by atoms with Crippen molar-refractivity contribution in [2.75, 3.05) is 11.9 Å². The van der Waals surface area contributed by atoms with Crippen molar-refractivity contribution in [3.8, 4) is 5.75 Å². The first-order valence-electron chi connectivity index (χ1n) is 7.63. The molecule has 0 unspecified atom stereocenters. The molecule has 0 atom stereocenters. The van der Waals surface area contributed by atoms with Gasteiger partial charge in [0, 0.05) is 5.69 Å². The van der Waals surface area contributed by atoms with Gasteiger partial charge in [-0.1, -0.05) is 41.4 Å². The first kappa shape index (κ1) is 19.3. The molecule has 6 nitrogen and oxygen atoms in total. The molecule has 0 spiro atoms. The normalized spacial score (nSPS) is 15.5. The summed E-state index contributed by atoms with van der Waals surface area (Å²) in [4.78, 5) is 37.7. The number of carbonyl (C=O) groups is 3. The molecule has 2 aromatic rings. The Kier molecular flexibility index (Phi) is 5.74. The van der Waals surface area contributed by atoms with Crippen molar-refractivity contribution >= 4 is 63.8 Å². The van der Waals surface area contributed by atoms with Crippen LogP contribution in [0.4, 0.5) is 10.5 Å². The second-order valence-electron chi connectivity index (χ2n) is 5.52. The van der Waals surface area contributed by atoms with Crippen LogP contribution < -0.4 is 5.32 Å². The van der Waals surface area contributed by atoms with Crippen LogP contribution in [-0.4, -0.2) is 33.6 Å². The van der Waals surface area contributed by atoms with E-state index in [2.05, 4.69) is 5.32 Å². The number of thioether (sulfide) groups is 1. The Labute approximate surface area is 168 Å². The second kappa shape index (κ2) is 8.04. The van der Waals surface area contributed by atoms with Gasteiger partial charge in [0.05, 0.1) is 15.0 Å². The van der Waals surface area contributed by atoms with Gasteiger partial charge < -0.3 is 10.4 Å². The number of nitrogens with zero attached hydrogens (tertiary/aromatic N) is 1. The number of hydrogen-bond acceptors (Lipinski definition) is 5. The van der Waals surface area contributed by atoms with Crippen LogP contribution in [0.3, 0.4) is 0 Å². The number of phenolic OH excluding ortho intramolecular Hbond substituents is 1. The molecule has 138 valence electrons. The van der Waals surface area contributed by atoms with Gasteiger partial charge in [0.2, 0.25) is 5.91 Å². The quantitative estimate of drug-likeness (QED) is 0.714. The summed E-state index contributed by atoms with van der Waals surface area (Å²) in [5.74, 6) is -1.34. The summed E-state index contributed by atoms with van der Waals surface area (Å²) in [6, 6.07) is 11.5. The molecule has 9 heteroatoms. The Morgan fingerprint density at radius 2 is 1.78 bits per heavy atom. The number of carbonyl (C=O) groups excluding carboxylic acids is 3. The van der Waals surface area contributed by atoms with Gasteiger partial charge in [-0.3, -0.25) is 19.3 Å². The number of imide groups is 1. The number of hydrogen-bond donors (Lipinski definition) is 2. The Morgan fingerprint density at radius 3 is 2.41 bits per heavy atom. The summed E-state index contributed by atoms with van der Waals surface area (Å²) >= 11 is 12.4. The monoisotopic (exact) mass is 422 g/mol. The van der Waals surface area contributed by atoms with Gasteiger partial charge >= 0.3 is 0 Å². The van der Waals surface area contributed by atoms with Crippen molar-refractivity contribution in [2.24, 2.45) is 0 Å². The van der Waals surface area contributed by atoms with Gasteiger partial charge in [-0.05, 0) is 47.7 Å². The summed E-state index contributed by atoms with van der Waals surface area (Å²) in [6.45, 7) is -0.395. The Morgan fingerprint density at radius 1 is 1.15 bits per heavy atom. The molecule has 1 aliphatic heterocycles. The topological polar surface area (TPSA) is 86.7 Å². The van der Waals surface area contributed by atoms with Crippen LogP contribution >= 0.6 is 35.0 Å². The Bertz CT molecular complexity index is 940. The SMILES string of the molecule is O=C(CN1C(=O)S/C(=C/c2cc(Cl)c(O)c(Cl)c2)C1=O)Nc1ccccc1.